The second kappa shape index (κ2) is 8.43. The number of amidine groups is 1. The van der Waals surface area contributed by atoms with Crippen LogP contribution in [0.5, 0.6) is 0 Å². The van der Waals surface area contributed by atoms with Gasteiger partial charge in [-0.3, -0.25) is 9.89 Å². The third-order valence-corrected chi connectivity index (χ3v) is 7.95. The second-order valence-electron chi connectivity index (χ2n) is 9.19. The van der Waals surface area contributed by atoms with Gasteiger partial charge in [-0.1, -0.05) is 45.9 Å². The van der Waals surface area contributed by atoms with Gasteiger partial charge in [0.25, 0.3) is 0 Å². The maximum atomic E-state index is 11.0. The number of nitrogens with zero attached hydrogens (tertiary/aromatic N) is 4. The Balaban J connectivity index is 1.25. The van der Waals surface area contributed by atoms with Crippen molar-refractivity contribution in [2.75, 3.05) is 39.3 Å². The fourth-order valence-corrected chi connectivity index (χ4v) is 6.07. The SMILES string of the molecule is CC1(C)CN=C(N2CCN(C[C@H](O)Cn3c4ccccc4c4cc(Br)ccc43)CC2)S1. The molecule has 1 aromatic heterocycles. The molecule has 31 heavy (non-hydrogen) atoms. The molecule has 3 aromatic rings. The van der Waals surface area contributed by atoms with Crippen molar-refractivity contribution in [3.63, 3.8) is 0 Å². The molecule has 2 aliphatic heterocycles. The Bertz CT molecular complexity index is 1130. The minimum Gasteiger partial charge on any atom is -0.390 e. The first-order valence-corrected chi connectivity index (χ1v) is 12.6. The van der Waals surface area contributed by atoms with Crippen LogP contribution in [0.25, 0.3) is 21.8 Å². The first kappa shape index (κ1) is 21.3. The molecule has 2 aliphatic rings. The number of β-amino-alcohol motifs (C(OH)–C–C–N with tert-alkyl or cyclic N) is 1. The Morgan fingerprint density at radius 3 is 2.52 bits per heavy atom. The van der Waals surface area contributed by atoms with Gasteiger partial charge in [-0.25, -0.2) is 0 Å². The summed E-state index contributed by atoms with van der Waals surface area (Å²) < 4.78 is 3.57. The number of aliphatic hydroxyl groups is 1. The Kier molecular flexibility index (Phi) is 5.79. The fraction of sp³-hybridized carbons (Fsp3) is 0.458. The van der Waals surface area contributed by atoms with Gasteiger partial charge in [0.2, 0.25) is 0 Å². The maximum Gasteiger partial charge on any atom is 0.159 e. The van der Waals surface area contributed by atoms with Gasteiger partial charge in [-0.15, -0.1) is 0 Å². The van der Waals surface area contributed by atoms with Crippen molar-refractivity contribution >= 4 is 54.7 Å². The van der Waals surface area contributed by atoms with Crippen LogP contribution < -0.4 is 0 Å². The zero-order chi connectivity index (χ0) is 21.6. The van der Waals surface area contributed by atoms with E-state index in [1.165, 1.54) is 27.0 Å². The zero-order valence-corrected chi connectivity index (χ0v) is 20.5. The number of aliphatic hydroxyl groups excluding tert-OH is 1. The molecule has 1 atom stereocenters. The largest absolute Gasteiger partial charge is 0.390 e. The lowest BCUT2D eigenvalue weighted by Crippen LogP contribution is -2.50. The number of piperazine rings is 1. The molecule has 0 amide bonds. The summed E-state index contributed by atoms with van der Waals surface area (Å²) in [5, 5.41) is 14.6. The minimum absolute atomic E-state index is 0.223. The molecule has 3 heterocycles. The first-order valence-electron chi connectivity index (χ1n) is 10.9. The summed E-state index contributed by atoms with van der Waals surface area (Å²) in [7, 11) is 0. The molecule has 1 saturated heterocycles. The Morgan fingerprint density at radius 2 is 1.77 bits per heavy atom. The van der Waals surface area contributed by atoms with Gasteiger partial charge in [0.15, 0.2) is 5.17 Å². The van der Waals surface area contributed by atoms with Gasteiger partial charge in [-0.2, -0.15) is 0 Å². The second-order valence-corrected chi connectivity index (χ2v) is 11.8. The number of benzene rings is 2. The predicted molar refractivity (Wildman–Crippen MR) is 135 cm³/mol. The van der Waals surface area contributed by atoms with Crippen molar-refractivity contribution in [1.82, 2.24) is 14.4 Å². The smallest absolute Gasteiger partial charge is 0.159 e. The highest BCUT2D eigenvalue weighted by Gasteiger charge is 2.31. The van der Waals surface area contributed by atoms with E-state index < -0.39 is 6.10 Å². The Morgan fingerprint density at radius 1 is 1.03 bits per heavy atom. The number of aromatic nitrogens is 1. The lowest BCUT2D eigenvalue weighted by molar-refractivity contribution is 0.0808. The van der Waals surface area contributed by atoms with Gasteiger partial charge >= 0.3 is 0 Å². The molecule has 2 aromatic carbocycles. The normalized spacial score (nSPS) is 20.5. The summed E-state index contributed by atoms with van der Waals surface area (Å²) in [6.07, 6.45) is -0.411. The lowest BCUT2D eigenvalue weighted by Gasteiger charge is -2.36. The van der Waals surface area contributed by atoms with Crippen LogP contribution in [0, 0.1) is 0 Å². The van der Waals surface area contributed by atoms with Crippen LogP contribution in [0.1, 0.15) is 13.8 Å². The van der Waals surface area contributed by atoms with E-state index in [0.29, 0.717) is 13.1 Å². The molecule has 1 N–H and O–H groups in total. The van der Waals surface area contributed by atoms with Crippen LogP contribution in [-0.2, 0) is 6.54 Å². The van der Waals surface area contributed by atoms with Crippen LogP contribution in [0.2, 0.25) is 0 Å². The fourth-order valence-electron chi connectivity index (χ4n) is 4.65. The number of rotatable bonds is 4. The van der Waals surface area contributed by atoms with Gasteiger partial charge in [-0.05, 0) is 38.1 Å². The van der Waals surface area contributed by atoms with Crippen molar-refractivity contribution < 1.29 is 5.11 Å². The standard InChI is InChI=1S/C24H29BrN4OS/c1-24(2)16-26-23(31-24)28-11-9-27(10-12-28)14-18(30)15-29-21-6-4-3-5-19(21)20-13-17(25)7-8-22(20)29/h3-8,13,18,30H,9-12,14-16H2,1-2H3/t18-/m0/s1. The molecular weight excluding hydrogens is 472 g/mol. The average Bonchev–Trinajstić information content (AvgIpc) is 3.26. The van der Waals surface area contributed by atoms with E-state index in [2.05, 4.69) is 86.6 Å². The number of para-hydroxylation sites is 1. The third-order valence-electron chi connectivity index (χ3n) is 6.20. The molecular formula is C24H29BrN4OS. The molecule has 0 unspecified atom stereocenters. The van der Waals surface area contributed by atoms with Crippen molar-refractivity contribution in [2.24, 2.45) is 4.99 Å². The van der Waals surface area contributed by atoms with Crippen molar-refractivity contribution in [3.05, 3.63) is 46.9 Å². The number of fused-ring (bicyclic) bond motifs is 3. The predicted octanol–water partition coefficient (Wildman–Crippen LogP) is 4.42. The quantitative estimate of drug-likeness (QED) is 0.575. The molecule has 5 rings (SSSR count). The van der Waals surface area contributed by atoms with E-state index in [1.807, 2.05) is 11.8 Å². The molecule has 0 bridgehead atoms. The van der Waals surface area contributed by atoms with Crippen LogP contribution in [-0.4, -0.2) is 74.8 Å². The van der Waals surface area contributed by atoms with Crippen molar-refractivity contribution in [1.29, 1.82) is 0 Å². The maximum absolute atomic E-state index is 11.0. The molecule has 7 heteroatoms. The highest BCUT2D eigenvalue weighted by molar-refractivity contribution is 9.10. The third kappa shape index (κ3) is 4.38. The highest BCUT2D eigenvalue weighted by atomic mass is 79.9. The van der Waals surface area contributed by atoms with E-state index in [1.54, 1.807) is 0 Å². The number of thioether (sulfide) groups is 1. The summed E-state index contributed by atoms with van der Waals surface area (Å²) in [6.45, 7) is 10.6. The summed E-state index contributed by atoms with van der Waals surface area (Å²) in [6, 6.07) is 14.9. The molecule has 0 aliphatic carbocycles. The van der Waals surface area contributed by atoms with Crippen LogP contribution in [0.15, 0.2) is 51.9 Å². The topological polar surface area (TPSA) is 44.0 Å². The molecule has 0 saturated carbocycles. The lowest BCUT2D eigenvalue weighted by atomic mass is 10.2. The van der Waals surface area contributed by atoms with E-state index in [0.717, 1.165) is 37.2 Å². The molecule has 0 spiro atoms. The summed E-state index contributed by atoms with van der Waals surface area (Å²) in [4.78, 5) is 9.54. The number of hydrogen-bond acceptors (Lipinski definition) is 5. The Hall–Kier alpha value is -1.54. The molecule has 164 valence electrons. The highest BCUT2D eigenvalue weighted by Crippen LogP contribution is 2.34. The number of hydrogen-bond donors (Lipinski definition) is 1. The van der Waals surface area contributed by atoms with Gasteiger partial charge < -0.3 is 14.6 Å². The van der Waals surface area contributed by atoms with Gasteiger partial charge in [0.1, 0.15) is 0 Å². The minimum atomic E-state index is -0.411. The van der Waals surface area contributed by atoms with E-state index in [4.69, 9.17) is 4.99 Å². The van der Waals surface area contributed by atoms with E-state index >= 15 is 0 Å². The molecule has 5 nitrogen and oxygen atoms in total. The van der Waals surface area contributed by atoms with Crippen LogP contribution in [0.4, 0.5) is 0 Å². The van der Waals surface area contributed by atoms with Gasteiger partial charge in [0.05, 0.1) is 19.2 Å². The summed E-state index contributed by atoms with van der Waals surface area (Å²) in [5.74, 6) is 0. The molecule has 1 fully saturated rings. The monoisotopic (exact) mass is 500 g/mol. The van der Waals surface area contributed by atoms with E-state index in [-0.39, 0.29) is 4.75 Å². The van der Waals surface area contributed by atoms with E-state index in [9.17, 15) is 5.11 Å². The molecule has 0 radical (unpaired) electrons. The Labute approximate surface area is 196 Å². The summed E-state index contributed by atoms with van der Waals surface area (Å²) >= 11 is 5.50. The average molecular weight is 501 g/mol. The van der Waals surface area contributed by atoms with Crippen molar-refractivity contribution in [3.8, 4) is 0 Å². The van der Waals surface area contributed by atoms with Crippen LogP contribution in [0.3, 0.4) is 0 Å². The first-order chi connectivity index (χ1) is 14.9. The van der Waals surface area contributed by atoms with Gasteiger partial charge in [0, 0.05) is 63.7 Å². The van der Waals surface area contributed by atoms with Crippen LogP contribution >= 0.6 is 27.7 Å². The summed E-state index contributed by atoms with van der Waals surface area (Å²) in [5.41, 5.74) is 2.35. The number of halogens is 1. The number of aliphatic imine (C=N–C) groups is 1. The van der Waals surface area contributed by atoms with Crippen molar-refractivity contribution in [2.45, 2.75) is 31.2 Å². The zero-order valence-electron chi connectivity index (χ0n) is 18.1.